The molecule has 0 fully saturated rings. The van der Waals surface area contributed by atoms with Gasteiger partial charge in [-0.3, -0.25) is 4.39 Å². The van der Waals surface area contributed by atoms with E-state index in [1.54, 1.807) is 0 Å². The van der Waals surface area contributed by atoms with Gasteiger partial charge in [0.2, 0.25) is 0 Å². The lowest BCUT2D eigenvalue weighted by molar-refractivity contribution is -0.365. The van der Waals surface area contributed by atoms with Gasteiger partial charge in [0.1, 0.15) is 0 Å². The van der Waals surface area contributed by atoms with Crippen LogP contribution < -0.4 is 0 Å². The van der Waals surface area contributed by atoms with Crippen LogP contribution in [0.5, 0.6) is 0 Å². The number of hydrogen-bond donors (Lipinski definition) is 0. The topological polar surface area (TPSA) is 0 Å². The minimum Gasteiger partial charge on any atom is -0.251 e. The number of halogens is 8. The van der Waals surface area contributed by atoms with Gasteiger partial charge in [0.15, 0.2) is 0 Å². The second kappa shape index (κ2) is 3.54. The fourth-order valence-electron chi connectivity index (χ4n) is 0.595. The van der Waals surface area contributed by atoms with E-state index in [1.807, 2.05) is 0 Å². The standard InChI is InChI=1S/C6H6F8/c1-3(2-7)4(8,9)5(10,11)6(12,13)14/h3H,2H2,1H3. The van der Waals surface area contributed by atoms with Gasteiger partial charge in [-0.2, -0.15) is 30.7 Å². The molecule has 0 aromatic heterocycles. The van der Waals surface area contributed by atoms with Crippen LogP contribution in [0.15, 0.2) is 0 Å². The molecule has 86 valence electrons. The molecule has 0 aromatic rings. The molecule has 0 saturated carbocycles. The summed E-state index contributed by atoms with van der Waals surface area (Å²) in [6.45, 7) is -1.68. The van der Waals surface area contributed by atoms with Gasteiger partial charge in [0, 0.05) is 0 Å². The minimum atomic E-state index is -6.39. The third-order valence-corrected chi connectivity index (χ3v) is 1.63. The molecule has 0 saturated heterocycles. The molecule has 1 atom stereocenters. The molecule has 0 rings (SSSR count). The highest BCUT2D eigenvalue weighted by Crippen LogP contribution is 2.49. The molecule has 0 amide bonds. The van der Waals surface area contributed by atoms with Crippen LogP contribution in [0.4, 0.5) is 35.1 Å². The number of alkyl halides is 8. The normalized spacial score (nSPS) is 16.9. The van der Waals surface area contributed by atoms with Gasteiger partial charge in [-0.25, -0.2) is 0 Å². The van der Waals surface area contributed by atoms with Crippen LogP contribution in [0.3, 0.4) is 0 Å². The molecular formula is C6H6F8. The summed E-state index contributed by atoms with van der Waals surface area (Å²) in [5.41, 5.74) is 0. The fraction of sp³-hybridized carbons (Fsp3) is 1.00. The molecule has 8 heteroatoms. The Labute approximate surface area is 73.9 Å². The average Bonchev–Trinajstić information content (AvgIpc) is 2.00. The SMILES string of the molecule is CC(CF)C(F)(F)C(F)(F)C(F)(F)F. The Morgan fingerprint density at radius 1 is 0.929 bits per heavy atom. The molecule has 0 aromatic carbocycles. The zero-order chi connectivity index (χ0) is 11.8. The van der Waals surface area contributed by atoms with Gasteiger partial charge in [-0.15, -0.1) is 0 Å². The summed E-state index contributed by atoms with van der Waals surface area (Å²) in [4.78, 5) is 0. The first-order valence-electron chi connectivity index (χ1n) is 3.36. The van der Waals surface area contributed by atoms with E-state index in [0.717, 1.165) is 0 Å². The van der Waals surface area contributed by atoms with E-state index in [4.69, 9.17) is 0 Å². The highest BCUT2D eigenvalue weighted by atomic mass is 19.4. The summed E-state index contributed by atoms with van der Waals surface area (Å²) in [6.07, 6.45) is -6.39. The van der Waals surface area contributed by atoms with E-state index in [-0.39, 0.29) is 6.92 Å². The molecule has 0 aliphatic rings. The van der Waals surface area contributed by atoms with Crippen LogP contribution >= 0.6 is 0 Å². The highest BCUT2D eigenvalue weighted by molar-refractivity contribution is 4.93. The van der Waals surface area contributed by atoms with Gasteiger partial charge >= 0.3 is 18.0 Å². The van der Waals surface area contributed by atoms with Gasteiger partial charge < -0.3 is 0 Å². The van der Waals surface area contributed by atoms with Crippen LogP contribution in [0.1, 0.15) is 6.92 Å². The molecule has 0 radical (unpaired) electrons. The van der Waals surface area contributed by atoms with Crippen molar-refractivity contribution in [3.8, 4) is 0 Å². The fourth-order valence-corrected chi connectivity index (χ4v) is 0.595. The van der Waals surface area contributed by atoms with Gasteiger partial charge in [0.25, 0.3) is 0 Å². The lowest BCUT2D eigenvalue weighted by Crippen LogP contribution is -2.55. The Hall–Kier alpha value is -0.560. The largest absolute Gasteiger partial charge is 0.459 e. The van der Waals surface area contributed by atoms with Crippen molar-refractivity contribution < 1.29 is 35.1 Å². The van der Waals surface area contributed by atoms with E-state index in [9.17, 15) is 35.1 Å². The lowest BCUT2D eigenvalue weighted by atomic mass is 9.98. The third-order valence-electron chi connectivity index (χ3n) is 1.63. The Morgan fingerprint density at radius 3 is 1.50 bits per heavy atom. The predicted molar refractivity (Wildman–Crippen MR) is 31.1 cm³/mol. The highest BCUT2D eigenvalue weighted by Gasteiger charge is 2.74. The molecule has 0 heterocycles. The van der Waals surface area contributed by atoms with Crippen LogP contribution in [-0.4, -0.2) is 24.7 Å². The maximum absolute atomic E-state index is 12.4. The van der Waals surface area contributed by atoms with E-state index < -0.39 is 30.6 Å². The smallest absolute Gasteiger partial charge is 0.251 e. The average molecular weight is 230 g/mol. The van der Waals surface area contributed by atoms with E-state index >= 15 is 0 Å². The molecular weight excluding hydrogens is 224 g/mol. The number of hydrogen-bond acceptors (Lipinski definition) is 0. The summed E-state index contributed by atoms with van der Waals surface area (Å²) < 4.78 is 95.0. The van der Waals surface area contributed by atoms with Crippen molar-refractivity contribution in [2.45, 2.75) is 24.9 Å². The Kier molecular flexibility index (Phi) is 3.40. The second-order valence-electron chi connectivity index (χ2n) is 2.75. The summed E-state index contributed by atoms with van der Waals surface area (Å²) in [5, 5.41) is 0. The zero-order valence-corrected chi connectivity index (χ0v) is 6.81. The molecule has 0 bridgehead atoms. The van der Waals surface area contributed by atoms with Crippen molar-refractivity contribution in [3.05, 3.63) is 0 Å². The van der Waals surface area contributed by atoms with Gasteiger partial charge in [-0.1, -0.05) is 6.92 Å². The molecule has 0 N–H and O–H groups in total. The lowest BCUT2D eigenvalue weighted by Gasteiger charge is -2.31. The zero-order valence-electron chi connectivity index (χ0n) is 6.81. The van der Waals surface area contributed by atoms with Crippen molar-refractivity contribution in [1.29, 1.82) is 0 Å². The van der Waals surface area contributed by atoms with Crippen LogP contribution in [0, 0.1) is 5.92 Å². The van der Waals surface area contributed by atoms with Crippen molar-refractivity contribution >= 4 is 0 Å². The first-order valence-corrected chi connectivity index (χ1v) is 3.36. The van der Waals surface area contributed by atoms with Crippen LogP contribution in [0.2, 0.25) is 0 Å². The van der Waals surface area contributed by atoms with Crippen molar-refractivity contribution in [2.75, 3.05) is 6.67 Å². The second-order valence-corrected chi connectivity index (χ2v) is 2.75. The first-order chi connectivity index (χ1) is 5.98. The molecule has 1 unspecified atom stereocenters. The van der Waals surface area contributed by atoms with Gasteiger partial charge in [-0.05, 0) is 0 Å². The van der Waals surface area contributed by atoms with Crippen LogP contribution in [-0.2, 0) is 0 Å². The van der Waals surface area contributed by atoms with Crippen molar-refractivity contribution in [2.24, 2.45) is 5.92 Å². The summed E-state index contributed by atoms with van der Waals surface area (Å²) in [6, 6.07) is 0. The molecule has 0 nitrogen and oxygen atoms in total. The van der Waals surface area contributed by atoms with Crippen molar-refractivity contribution in [1.82, 2.24) is 0 Å². The van der Waals surface area contributed by atoms with Gasteiger partial charge in [0.05, 0.1) is 12.6 Å². The predicted octanol–water partition coefficient (Wildman–Crippen LogP) is 3.42. The Morgan fingerprint density at radius 2 is 1.29 bits per heavy atom. The van der Waals surface area contributed by atoms with E-state index in [1.165, 1.54) is 0 Å². The Balaban J connectivity index is 5.07. The monoisotopic (exact) mass is 230 g/mol. The minimum absolute atomic E-state index is 0.277. The van der Waals surface area contributed by atoms with Crippen molar-refractivity contribution in [3.63, 3.8) is 0 Å². The first kappa shape index (κ1) is 13.4. The maximum Gasteiger partial charge on any atom is 0.459 e. The van der Waals surface area contributed by atoms with Crippen LogP contribution in [0.25, 0.3) is 0 Å². The molecule has 0 aliphatic heterocycles. The summed E-state index contributed by atoms with van der Waals surface area (Å²) >= 11 is 0. The molecule has 0 aliphatic carbocycles. The van der Waals surface area contributed by atoms with E-state index in [0.29, 0.717) is 0 Å². The summed E-state index contributed by atoms with van der Waals surface area (Å²) in [5.74, 6) is -14.4. The molecule has 14 heavy (non-hydrogen) atoms. The Bertz CT molecular complexity index is 192. The maximum atomic E-state index is 12.4. The quantitative estimate of drug-likeness (QED) is 0.651. The third kappa shape index (κ3) is 1.93. The van der Waals surface area contributed by atoms with E-state index in [2.05, 4.69) is 0 Å². The molecule has 0 spiro atoms. The summed E-state index contributed by atoms with van der Waals surface area (Å²) in [7, 11) is 0. The number of rotatable bonds is 3.